The molecule has 25 heavy (non-hydrogen) atoms. The monoisotopic (exact) mass is 362 g/mol. The Hall–Kier alpha value is -0.383. The van der Waals surface area contributed by atoms with E-state index >= 15 is 0 Å². The van der Waals surface area contributed by atoms with Crippen LogP contribution in [0.1, 0.15) is 53.9 Å². The molecule has 0 aromatic carbocycles. The highest BCUT2D eigenvalue weighted by molar-refractivity contribution is 6.69. The van der Waals surface area contributed by atoms with E-state index in [9.17, 15) is 0 Å². The number of allylic oxidation sites excluding steroid dienone is 1. The van der Waals surface area contributed by atoms with Crippen molar-refractivity contribution in [3.05, 3.63) is 23.3 Å². The zero-order valence-electron chi connectivity index (χ0n) is 17.6. The van der Waals surface area contributed by atoms with Crippen LogP contribution in [0.25, 0.3) is 0 Å². The van der Waals surface area contributed by atoms with Crippen molar-refractivity contribution in [2.75, 3.05) is 0 Å². The summed E-state index contributed by atoms with van der Waals surface area (Å²) in [6.07, 6.45) is 8.74. The summed E-state index contributed by atoms with van der Waals surface area (Å²) in [7, 11) is -1.66. The van der Waals surface area contributed by atoms with Crippen molar-refractivity contribution >= 4 is 8.32 Å². The summed E-state index contributed by atoms with van der Waals surface area (Å²) < 4.78 is 13.7. The van der Waals surface area contributed by atoms with E-state index in [0.29, 0.717) is 29.8 Å². The summed E-state index contributed by atoms with van der Waals surface area (Å²) in [6.45, 7) is 18.6. The molecular weight excluding hydrogens is 324 g/mol. The van der Waals surface area contributed by atoms with E-state index < -0.39 is 8.32 Å². The van der Waals surface area contributed by atoms with Gasteiger partial charge in [-0.25, -0.2) is 0 Å². The van der Waals surface area contributed by atoms with Gasteiger partial charge in [-0.05, 0) is 71.5 Å². The van der Waals surface area contributed by atoms with Gasteiger partial charge in [-0.15, -0.1) is 0 Å². The fourth-order valence-corrected chi connectivity index (χ4v) is 7.24. The molecule has 0 unspecified atom stereocenters. The van der Waals surface area contributed by atoms with Gasteiger partial charge in [-0.3, -0.25) is 0 Å². The second-order valence-electron chi connectivity index (χ2n) is 10.3. The summed E-state index contributed by atoms with van der Waals surface area (Å²) in [4.78, 5) is 0. The minimum absolute atomic E-state index is 0.200. The van der Waals surface area contributed by atoms with Crippen LogP contribution in [0.4, 0.5) is 0 Å². The van der Waals surface area contributed by atoms with Gasteiger partial charge in [0, 0.05) is 11.8 Å². The number of ether oxygens (including phenoxy) is 1. The molecule has 3 aliphatic rings. The smallest absolute Gasteiger partial charge is 0.184 e. The van der Waals surface area contributed by atoms with Crippen LogP contribution in [0.2, 0.25) is 19.6 Å². The predicted octanol–water partition coefficient (Wildman–Crippen LogP) is 5.96. The molecule has 3 rings (SSSR count). The molecule has 1 fully saturated rings. The first-order chi connectivity index (χ1) is 11.5. The van der Waals surface area contributed by atoms with Crippen molar-refractivity contribution in [3.8, 4) is 0 Å². The molecule has 2 bridgehead atoms. The lowest BCUT2D eigenvalue weighted by molar-refractivity contribution is -0.104. The van der Waals surface area contributed by atoms with E-state index in [0.717, 1.165) is 12.8 Å². The fraction of sp³-hybridized carbons (Fsp3) is 0.818. The maximum atomic E-state index is 6.85. The number of fused-ring (bicyclic) bond motifs is 5. The van der Waals surface area contributed by atoms with Gasteiger partial charge in [-0.1, -0.05) is 37.1 Å². The average molecular weight is 363 g/mol. The van der Waals surface area contributed by atoms with Gasteiger partial charge in [0.05, 0.1) is 17.8 Å². The van der Waals surface area contributed by atoms with E-state index in [1.54, 1.807) is 5.57 Å². The molecule has 0 amide bonds. The summed E-state index contributed by atoms with van der Waals surface area (Å²) in [6, 6.07) is 0. The molecule has 0 N–H and O–H groups in total. The van der Waals surface area contributed by atoms with Crippen LogP contribution in [-0.2, 0) is 9.16 Å². The first-order valence-electron chi connectivity index (χ1n) is 10.2. The number of hydrogen-bond donors (Lipinski definition) is 0. The van der Waals surface area contributed by atoms with E-state index in [4.69, 9.17) is 9.16 Å². The van der Waals surface area contributed by atoms with Crippen molar-refractivity contribution in [2.45, 2.75) is 91.3 Å². The Morgan fingerprint density at radius 3 is 2.48 bits per heavy atom. The van der Waals surface area contributed by atoms with E-state index in [1.807, 2.05) is 0 Å². The topological polar surface area (TPSA) is 18.5 Å². The first-order valence-corrected chi connectivity index (χ1v) is 13.6. The zero-order chi connectivity index (χ0) is 18.6. The Labute approximate surface area is 156 Å². The van der Waals surface area contributed by atoms with Crippen molar-refractivity contribution < 1.29 is 9.16 Å². The number of hydrogen-bond acceptors (Lipinski definition) is 2. The van der Waals surface area contributed by atoms with Crippen LogP contribution < -0.4 is 0 Å². The van der Waals surface area contributed by atoms with Gasteiger partial charge < -0.3 is 9.16 Å². The molecular formula is C22H38O2Si. The minimum Gasteiger partial charge on any atom is -0.409 e. The average Bonchev–Trinajstić information content (AvgIpc) is 2.84. The van der Waals surface area contributed by atoms with E-state index in [1.165, 1.54) is 12.0 Å². The maximum absolute atomic E-state index is 6.85. The zero-order valence-corrected chi connectivity index (χ0v) is 18.6. The summed E-state index contributed by atoms with van der Waals surface area (Å²) in [5.41, 5.74) is 2.82. The Bertz CT molecular complexity index is 571. The van der Waals surface area contributed by atoms with Crippen LogP contribution in [0.3, 0.4) is 0 Å². The van der Waals surface area contributed by atoms with Gasteiger partial charge in [0.15, 0.2) is 8.32 Å². The van der Waals surface area contributed by atoms with Crippen LogP contribution >= 0.6 is 0 Å². The van der Waals surface area contributed by atoms with E-state index in [-0.39, 0.29) is 11.7 Å². The first kappa shape index (κ1) is 19.4. The predicted molar refractivity (Wildman–Crippen MR) is 108 cm³/mol. The van der Waals surface area contributed by atoms with Gasteiger partial charge in [-0.2, -0.15) is 0 Å². The molecule has 1 saturated heterocycles. The summed E-state index contributed by atoms with van der Waals surface area (Å²) in [5, 5.41) is 0. The second-order valence-corrected chi connectivity index (χ2v) is 14.7. The Morgan fingerprint density at radius 1 is 1.20 bits per heavy atom. The third-order valence-corrected chi connectivity index (χ3v) is 7.67. The van der Waals surface area contributed by atoms with Gasteiger partial charge in [0.2, 0.25) is 0 Å². The lowest BCUT2D eigenvalue weighted by Gasteiger charge is -2.46. The third kappa shape index (κ3) is 3.70. The highest BCUT2D eigenvalue weighted by Gasteiger charge is 2.57. The van der Waals surface area contributed by atoms with Crippen LogP contribution in [0.15, 0.2) is 23.3 Å². The second kappa shape index (κ2) is 6.65. The van der Waals surface area contributed by atoms with Crippen molar-refractivity contribution in [3.63, 3.8) is 0 Å². The molecule has 0 spiro atoms. The molecule has 6 atom stereocenters. The largest absolute Gasteiger partial charge is 0.409 e. The maximum Gasteiger partial charge on any atom is 0.184 e. The SMILES string of the molecule is CC1=CC[C@@H](C(C)C)[C@H]2[C@@H]1[C@@H]1C/C(C)=C\C[C@](C)(O[Si](C)(C)C)[C@H]2O1. The molecule has 1 aliphatic carbocycles. The quantitative estimate of drug-likeness (QED) is 0.455. The van der Waals surface area contributed by atoms with Gasteiger partial charge in [0.25, 0.3) is 0 Å². The lowest BCUT2D eigenvalue weighted by atomic mass is 9.63. The molecule has 0 aromatic heterocycles. The Balaban J connectivity index is 2.06. The van der Waals surface area contributed by atoms with Crippen LogP contribution in [0, 0.1) is 23.7 Å². The Kier molecular flexibility index (Phi) is 5.16. The number of rotatable bonds is 3. The lowest BCUT2D eigenvalue weighted by Crippen LogP contribution is -2.53. The molecule has 2 heterocycles. The van der Waals surface area contributed by atoms with Gasteiger partial charge >= 0.3 is 0 Å². The van der Waals surface area contributed by atoms with E-state index in [2.05, 4.69) is 66.4 Å². The molecule has 142 valence electrons. The standard InChI is InChI=1S/C22H38O2Si/c1-14(2)17-10-9-16(4)19-18-13-15(3)11-12-22(5,24-25(6,7)8)21(23-18)20(17)19/h9,11,14,17-21H,10,12-13H2,1-8H3/b15-11-/t17-,18-,19-,20-,21-,22-/m0/s1. The molecule has 2 aliphatic heterocycles. The van der Waals surface area contributed by atoms with Crippen molar-refractivity contribution in [1.82, 2.24) is 0 Å². The minimum atomic E-state index is -1.66. The van der Waals surface area contributed by atoms with Crippen molar-refractivity contribution in [2.24, 2.45) is 23.7 Å². The summed E-state index contributed by atoms with van der Waals surface area (Å²) in [5.74, 6) is 2.55. The summed E-state index contributed by atoms with van der Waals surface area (Å²) >= 11 is 0. The normalized spacial score (nSPS) is 43.8. The molecule has 2 nitrogen and oxygen atoms in total. The van der Waals surface area contributed by atoms with Crippen LogP contribution in [0.5, 0.6) is 0 Å². The molecule has 0 aromatic rings. The van der Waals surface area contributed by atoms with Crippen molar-refractivity contribution in [1.29, 1.82) is 0 Å². The molecule has 0 saturated carbocycles. The fourth-order valence-electron chi connectivity index (χ4n) is 5.64. The molecule has 3 heteroatoms. The highest BCUT2D eigenvalue weighted by Crippen LogP contribution is 2.54. The third-order valence-electron chi connectivity index (χ3n) is 6.59. The highest BCUT2D eigenvalue weighted by atomic mass is 28.4. The Morgan fingerprint density at radius 2 is 1.88 bits per heavy atom. The van der Waals surface area contributed by atoms with Crippen LogP contribution in [-0.4, -0.2) is 26.1 Å². The molecule has 0 radical (unpaired) electrons. The van der Waals surface area contributed by atoms with Gasteiger partial charge in [0.1, 0.15) is 0 Å².